The summed E-state index contributed by atoms with van der Waals surface area (Å²) in [5, 5.41) is 16.4. The van der Waals surface area contributed by atoms with Crippen molar-refractivity contribution in [1.29, 1.82) is 0 Å². The number of rotatable bonds is 9. The van der Waals surface area contributed by atoms with Gasteiger partial charge in [-0.3, -0.25) is 9.59 Å². The predicted octanol–water partition coefficient (Wildman–Crippen LogP) is -0.935. The number of Topliss-reactive ketones (excluding diaryl/α,β-unsaturated/α-hetero) is 1. The molecule has 0 fully saturated rings. The number of esters is 1. The summed E-state index contributed by atoms with van der Waals surface area (Å²) >= 11 is 0. The Morgan fingerprint density at radius 3 is 2.12 bits per heavy atom. The van der Waals surface area contributed by atoms with Crippen LogP contribution in [0.3, 0.4) is 0 Å². The fourth-order valence-electron chi connectivity index (χ4n) is 0.769. The standard InChI is InChI=1S/C9H12O8/c10-6(9(14)15)1-2-8(13)17-4-3-16-5-7(11)12/h1-5H2,(H,11,12)(H,14,15). The van der Waals surface area contributed by atoms with E-state index in [0.29, 0.717) is 0 Å². The van der Waals surface area contributed by atoms with E-state index in [2.05, 4.69) is 9.47 Å². The van der Waals surface area contributed by atoms with E-state index in [1.165, 1.54) is 0 Å². The highest BCUT2D eigenvalue weighted by molar-refractivity contribution is 6.32. The van der Waals surface area contributed by atoms with Gasteiger partial charge in [-0.05, 0) is 0 Å². The van der Waals surface area contributed by atoms with E-state index >= 15 is 0 Å². The molecule has 0 aromatic rings. The van der Waals surface area contributed by atoms with Gasteiger partial charge in [0.25, 0.3) is 0 Å². The molecule has 0 atom stereocenters. The molecule has 0 aromatic heterocycles. The second-order valence-electron chi connectivity index (χ2n) is 2.90. The van der Waals surface area contributed by atoms with Gasteiger partial charge in [-0.15, -0.1) is 0 Å². The maximum Gasteiger partial charge on any atom is 0.372 e. The first-order chi connectivity index (χ1) is 7.93. The molecule has 0 radical (unpaired) electrons. The van der Waals surface area contributed by atoms with Crippen LogP contribution in [0.4, 0.5) is 0 Å². The van der Waals surface area contributed by atoms with Gasteiger partial charge in [0.1, 0.15) is 13.2 Å². The van der Waals surface area contributed by atoms with Crippen LogP contribution in [-0.4, -0.2) is 53.7 Å². The van der Waals surface area contributed by atoms with Crippen LogP contribution in [0.1, 0.15) is 12.8 Å². The van der Waals surface area contributed by atoms with E-state index in [4.69, 9.17) is 10.2 Å². The number of carbonyl (C=O) groups is 4. The molecule has 0 aliphatic heterocycles. The summed E-state index contributed by atoms with van der Waals surface area (Å²) in [6, 6.07) is 0. The number of carbonyl (C=O) groups excluding carboxylic acids is 2. The second kappa shape index (κ2) is 8.22. The SMILES string of the molecule is O=C(O)COCCOC(=O)CCC(=O)C(=O)O. The van der Waals surface area contributed by atoms with E-state index in [9.17, 15) is 19.2 Å². The fourth-order valence-corrected chi connectivity index (χ4v) is 0.769. The Kier molecular flexibility index (Phi) is 7.27. The van der Waals surface area contributed by atoms with Crippen LogP contribution < -0.4 is 0 Å². The highest BCUT2D eigenvalue weighted by Gasteiger charge is 2.14. The van der Waals surface area contributed by atoms with Crippen molar-refractivity contribution < 1.29 is 38.9 Å². The highest BCUT2D eigenvalue weighted by Crippen LogP contribution is 1.95. The molecule has 0 saturated heterocycles. The normalized spacial score (nSPS) is 9.65. The maximum atomic E-state index is 10.9. The molecule has 8 heteroatoms. The first-order valence-electron chi connectivity index (χ1n) is 4.64. The lowest BCUT2D eigenvalue weighted by Crippen LogP contribution is -2.17. The quantitative estimate of drug-likeness (QED) is 0.304. The minimum atomic E-state index is -1.59. The first kappa shape index (κ1) is 15.0. The summed E-state index contributed by atoms with van der Waals surface area (Å²) < 4.78 is 9.12. The highest BCUT2D eigenvalue weighted by atomic mass is 16.6. The Hall–Kier alpha value is -1.96. The fraction of sp³-hybridized carbons (Fsp3) is 0.556. The molecule has 0 bridgehead atoms. The van der Waals surface area contributed by atoms with Crippen molar-refractivity contribution in [3.8, 4) is 0 Å². The zero-order valence-electron chi connectivity index (χ0n) is 8.88. The lowest BCUT2D eigenvalue weighted by molar-refractivity contribution is -0.151. The van der Waals surface area contributed by atoms with Gasteiger partial charge < -0.3 is 19.7 Å². The van der Waals surface area contributed by atoms with Crippen molar-refractivity contribution in [2.24, 2.45) is 0 Å². The third-order valence-corrected chi connectivity index (χ3v) is 1.51. The summed E-state index contributed by atoms with van der Waals surface area (Å²) in [7, 11) is 0. The van der Waals surface area contributed by atoms with E-state index < -0.39 is 36.7 Å². The third-order valence-electron chi connectivity index (χ3n) is 1.51. The topological polar surface area (TPSA) is 127 Å². The monoisotopic (exact) mass is 248 g/mol. The summed E-state index contributed by atoms with van der Waals surface area (Å²) in [5.74, 6) is -4.53. The average molecular weight is 248 g/mol. The smallest absolute Gasteiger partial charge is 0.372 e. The molecule has 0 heterocycles. The van der Waals surface area contributed by atoms with Gasteiger partial charge in [-0.2, -0.15) is 0 Å². The van der Waals surface area contributed by atoms with E-state index in [-0.39, 0.29) is 19.6 Å². The molecule has 0 rings (SSSR count). The molecule has 0 aromatic carbocycles. The molecule has 0 aliphatic rings. The van der Waals surface area contributed by atoms with Crippen LogP contribution in [-0.2, 0) is 28.7 Å². The lowest BCUT2D eigenvalue weighted by atomic mass is 10.2. The van der Waals surface area contributed by atoms with Crippen molar-refractivity contribution in [1.82, 2.24) is 0 Å². The Labute approximate surface area is 96.1 Å². The van der Waals surface area contributed by atoms with Crippen molar-refractivity contribution in [2.75, 3.05) is 19.8 Å². The molecule has 96 valence electrons. The summed E-state index contributed by atoms with van der Waals surface area (Å²) in [4.78, 5) is 41.6. The molecule has 17 heavy (non-hydrogen) atoms. The van der Waals surface area contributed by atoms with Gasteiger partial charge in [-0.1, -0.05) is 0 Å². The third kappa shape index (κ3) is 9.00. The van der Waals surface area contributed by atoms with Crippen molar-refractivity contribution >= 4 is 23.7 Å². The summed E-state index contributed by atoms with van der Waals surface area (Å²) in [6.45, 7) is -0.715. The van der Waals surface area contributed by atoms with Gasteiger partial charge in [0, 0.05) is 6.42 Å². The van der Waals surface area contributed by atoms with Crippen LogP contribution in [0, 0.1) is 0 Å². The average Bonchev–Trinajstić information content (AvgIpc) is 2.24. The predicted molar refractivity (Wildman–Crippen MR) is 51.3 cm³/mol. The molecule has 0 unspecified atom stereocenters. The van der Waals surface area contributed by atoms with Gasteiger partial charge in [0.15, 0.2) is 0 Å². The van der Waals surface area contributed by atoms with Crippen molar-refractivity contribution in [2.45, 2.75) is 12.8 Å². The van der Waals surface area contributed by atoms with E-state index in [1.54, 1.807) is 0 Å². The molecule has 0 saturated carbocycles. The summed E-state index contributed by atoms with van der Waals surface area (Å²) in [6.07, 6.45) is -0.756. The number of ketones is 1. The van der Waals surface area contributed by atoms with Crippen LogP contribution in [0.5, 0.6) is 0 Å². The van der Waals surface area contributed by atoms with Gasteiger partial charge in [-0.25, -0.2) is 9.59 Å². The molecule has 2 N–H and O–H groups in total. The van der Waals surface area contributed by atoms with Gasteiger partial charge in [0.05, 0.1) is 13.0 Å². The molecular weight excluding hydrogens is 236 g/mol. The molecule has 8 nitrogen and oxygen atoms in total. The summed E-state index contributed by atoms with van der Waals surface area (Å²) in [5.41, 5.74) is 0. The first-order valence-corrected chi connectivity index (χ1v) is 4.64. The number of carboxylic acids is 2. The molecule has 0 spiro atoms. The van der Waals surface area contributed by atoms with E-state index in [0.717, 1.165) is 0 Å². The molecule has 0 amide bonds. The maximum absolute atomic E-state index is 10.9. The number of ether oxygens (including phenoxy) is 2. The molecular formula is C9H12O8. The Morgan fingerprint density at radius 1 is 0.941 bits per heavy atom. The lowest BCUT2D eigenvalue weighted by Gasteiger charge is -2.03. The minimum Gasteiger partial charge on any atom is -0.480 e. The number of hydrogen-bond donors (Lipinski definition) is 2. The van der Waals surface area contributed by atoms with Crippen LogP contribution in [0.2, 0.25) is 0 Å². The number of hydrogen-bond acceptors (Lipinski definition) is 6. The van der Waals surface area contributed by atoms with Crippen molar-refractivity contribution in [3.05, 3.63) is 0 Å². The largest absolute Gasteiger partial charge is 0.480 e. The zero-order chi connectivity index (χ0) is 13.3. The Morgan fingerprint density at radius 2 is 1.59 bits per heavy atom. The van der Waals surface area contributed by atoms with Crippen LogP contribution in [0.25, 0.3) is 0 Å². The van der Waals surface area contributed by atoms with Crippen LogP contribution >= 0.6 is 0 Å². The second-order valence-corrected chi connectivity index (χ2v) is 2.90. The number of carboxylic acid groups (broad SMARTS) is 2. The van der Waals surface area contributed by atoms with Gasteiger partial charge in [0.2, 0.25) is 5.78 Å². The van der Waals surface area contributed by atoms with E-state index in [1.807, 2.05) is 0 Å². The van der Waals surface area contributed by atoms with Gasteiger partial charge >= 0.3 is 17.9 Å². The van der Waals surface area contributed by atoms with Crippen LogP contribution in [0.15, 0.2) is 0 Å². The Bertz CT molecular complexity index is 308. The molecule has 0 aliphatic carbocycles. The number of aliphatic carboxylic acids is 2. The Balaban J connectivity index is 3.50. The minimum absolute atomic E-state index is 0.0785. The zero-order valence-corrected chi connectivity index (χ0v) is 8.88. The van der Waals surface area contributed by atoms with Crippen molar-refractivity contribution in [3.63, 3.8) is 0 Å².